The lowest BCUT2D eigenvalue weighted by Crippen LogP contribution is -2.41. The quantitative estimate of drug-likeness (QED) is 0.149. The number of fused-ring (bicyclic) bond motifs is 2. The average Bonchev–Trinajstić information content (AvgIpc) is 3.68. The number of benzene rings is 1. The summed E-state index contributed by atoms with van der Waals surface area (Å²) in [6.07, 6.45) is 7.62. The number of hydrogen-bond acceptors (Lipinski definition) is 10. The van der Waals surface area contributed by atoms with Gasteiger partial charge >= 0.3 is 18.3 Å². The second-order valence-electron chi connectivity index (χ2n) is 17.5. The zero-order valence-electron chi connectivity index (χ0n) is 34.9. The maximum Gasteiger partial charge on any atom is 0.421 e. The Morgan fingerprint density at radius 3 is 1.97 bits per heavy atom. The van der Waals surface area contributed by atoms with Gasteiger partial charge in [0, 0.05) is 53.1 Å². The third-order valence-electron chi connectivity index (χ3n) is 8.66. The van der Waals surface area contributed by atoms with Crippen molar-refractivity contribution in [3.63, 3.8) is 0 Å². The van der Waals surface area contributed by atoms with Gasteiger partial charge in [0.1, 0.15) is 16.8 Å². The first kappa shape index (κ1) is 41.3. The van der Waals surface area contributed by atoms with Crippen LogP contribution in [-0.2, 0) is 19.0 Å². The molecule has 0 saturated heterocycles. The van der Waals surface area contributed by atoms with Crippen molar-refractivity contribution in [3.05, 3.63) is 85.7 Å². The van der Waals surface area contributed by atoms with Crippen molar-refractivity contribution < 1.29 is 33.4 Å². The first-order valence-electron chi connectivity index (χ1n) is 19.1. The van der Waals surface area contributed by atoms with Gasteiger partial charge in [-0.1, -0.05) is 26.0 Å². The number of aromatic nitrogens is 5. The SMILES string of the molecule is CC(C)CC(=O)N(C(=O)OC(C)(C)C)c1cncc(-c2cc3c(-c4cc5c(-c6ccncc6)cccc5n4C(=O)OC(C)(C)C)cn(C(=O)OC(C)(C)C)c3cn2)c1. The van der Waals surface area contributed by atoms with Crippen LogP contribution in [-0.4, -0.2) is 65.1 Å². The minimum atomic E-state index is -0.858. The standard InChI is InChI=1S/C45H50N6O7/c1-27(2)19-39(52)50(41(54)57-44(6,7)8)30-20-29(23-47-24-30)35-21-32-34(26-49(38(32)25-48-35)40(53)56-43(3,4)5)37-22-33-31(28-15-17-46-18-16-28)13-12-14-36(33)51(37)42(55)58-45(9,10)11/h12-18,20-27H,19H2,1-11H3. The number of carbonyl (C=O) groups excluding carboxylic acids is 4. The average molecular weight is 787 g/mol. The zero-order chi connectivity index (χ0) is 42.3. The van der Waals surface area contributed by atoms with Crippen molar-refractivity contribution in [1.29, 1.82) is 0 Å². The van der Waals surface area contributed by atoms with Crippen LogP contribution in [0.25, 0.3) is 55.4 Å². The van der Waals surface area contributed by atoms with Crippen molar-refractivity contribution in [3.8, 4) is 33.6 Å². The molecule has 5 aromatic heterocycles. The molecule has 0 aliphatic rings. The lowest BCUT2D eigenvalue weighted by atomic mass is 10.0. The van der Waals surface area contributed by atoms with E-state index in [-0.39, 0.29) is 18.0 Å². The molecule has 0 bridgehead atoms. The molecule has 0 atom stereocenters. The number of hydrogen-bond donors (Lipinski definition) is 0. The van der Waals surface area contributed by atoms with Gasteiger partial charge in [-0.05, 0) is 116 Å². The minimum absolute atomic E-state index is 0.0258. The lowest BCUT2D eigenvalue weighted by Gasteiger charge is -2.26. The van der Waals surface area contributed by atoms with Gasteiger partial charge in [-0.2, -0.15) is 0 Å². The Balaban J connectivity index is 1.60. The summed E-state index contributed by atoms with van der Waals surface area (Å²) in [7, 11) is 0. The van der Waals surface area contributed by atoms with Crippen molar-refractivity contribution >= 4 is 51.7 Å². The summed E-state index contributed by atoms with van der Waals surface area (Å²) < 4.78 is 20.3. The summed E-state index contributed by atoms with van der Waals surface area (Å²) in [5.41, 5.74) is 2.35. The Hall–Kier alpha value is -6.37. The number of ether oxygens (including phenoxy) is 3. The van der Waals surface area contributed by atoms with E-state index in [2.05, 4.69) is 9.97 Å². The van der Waals surface area contributed by atoms with Gasteiger partial charge in [0.2, 0.25) is 5.91 Å². The molecule has 1 aromatic carbocycles. The Morgan fingerprint density at radius 2 is 1.33 bits per heavy atom. The maximum atomic E-state index is 14.2. The summed E-state index contributed by atoms with van der Waals surface area (Å²) >= 11 is 0. The lowest BCUT2D eigenvalue weighted by molar-refractivity contribution is -0.119. The molecular formula is C45H50N6O7. The van der Waals surface area contributed by atoms with Crippen LogP contribution in [0.4, 0.5) is 20.1 Å². The molecule has 5 heterocycles. The first-order chi connectivity index (χ1) is 27.1. The molecule has 302 valence electrons. The summed E-state index contributed by atoms with van der Waals surface area (Å²) in [4.78, 5) is 69.4. The van der Waals surface area contributed by atoms with Crippen LogP contribution in [0.2, 0.25) is 0 Å². The highest BCUT2D eigenvalue weighted by molar-refractivity contribution is 6.13. The Bertz CT molecular complexity index is 2530. The topological polar surface area (TPSA) is 148 Å². The molecule has 0 N–H and O–H groups in total. The molecule has 6 aromatic rings. The second-order valence-corrected chi connectivity index (χ2v) is 17.5. The third kappa shape index (κ3) is 9.09. The minimum Gasteiger partial charge on any atom is -0.443 e. The molecular weight excluding hydrogens is 737 g/mol. The Kier molecular flexibility index (Phi) is 11.0. The summed E-state index contributed by atoms with van der Waals surface area (Å²) in [5, 5.41) is 1.33. The summed E-state index contributed by atoms with van der Waals surface area (Å²) in [6, 6.07) is 14.8. The van der Waals surface area contributed by atoms with E-state index in [0.717, 1.165) is 21.4 Å². The molecule has 58 heavy (non-hydrogen) atoms. The highest BCUT2D eigenvalue weighted by Gasteiger charge is 2.31. The molecule has 0 aliphatic heterocycles. The van der Waals surface area contributed by atoms with E-state index in [1.165, 1.54) is 15.3 Å². The largest absolute Gasteiger partial charge is 0.443 e. The van der Waals surface area contributed by atoms with Gasteiger partial charge in [0.05, 0.1) is 40.5 Å². The smallest absolute Gasteiger partial charge is 0.421 e. The zero-order valence-corrected chi connectivity index (χ0v) is 34.9. The van der Waals surface area contributed by atoms with Crippen LogP contribution < -0.4 is 4.90 Å². The van der Waals surface area contributed by atoms with Crippen LogP contribution in [0, 0.1) is 5.92 Å². The molecule has 0 spiro atoms. The van der Waals surface area contributed by atoms with Crippen LogP contribution >= 0.6 is 0 Å². The highest BCUT2D eigenvalue weighted by Crippen LogP contribution is 2.40. The number of anilines is 1. The Morgan fingerprint density at radius 1 is 0.690 bits per heavy atom. The van der Waals surface area contributed by atoms with Crippen LogP contribution in [0.3, 0.4) is 0 Å². The number of carbonyl (C=O) groups is 4. The number of rotatable bonds is 6. The van der Waals surface area contributed by atoms with Gasteiger partial charge in [-0.25, -0.2) is 23.9 Å². The molecule has 0 aliphatic carbocycles. The van der Waals surface area contributed by atoms with Crippen LogP contribution in [0.1, 0.15) is 82.6 Å². The fourth-order valence-corrected chi connectivity index (χ4v) is 6.45. The van der Waals surface area contributed by atoms with Gasteiger partial charge in [0.15, 0.2) is 0 Å². The molecule has 2 amide bonds. The molecule has 0 fully saturated rings. The van der Waals surface area contributed by atoms with Gasteiger partial charge in [-0.15, -0.1) is 0 Å². The first-order valence-corrected chi connectivity index (χ1v) is 19.1. The molecule has 6 rings (SSSR count). The highest BCUT2D eigenvalue weighted by atomic mass is 16.6. The predicted octanol–water partition coefficient (Wildman–Crippen LogP) is 10.7. The van der Waals surface area contributed by atoms with E-state index < -0.39 is 41.0 Å². The number of imide groups is 1. The fraction of sp³-hybridized carbons (Fsp3) is 0.356. The van der Waals surface area contributed by atoms with Crippen LogP contribution in [0.15, 0.2) is 85.7 Å². The summed E-state index contributed by atoms with van der Waals surface area (Å²) in [5.74, 6) is -0.466. The third-order valence-corrected chi connectivity index (χ3v) is 8.66. The second kappa shape index (κ2) is 15.5. The van der Waals surface area contributed by atoms with Crippen molar-refractivity contribution in [2.45, 2.75) is 99.4 Å². The van der Waals surface area contributed by atoms with Gasteiger partial charge < -0.3 is 14.2 Å². The van der Waals surface area contributed by atoms with E-state index in [1.807, 2.05) is 50.2 Å². The number of pyridine rings is 3. The summed E-state index contributed by atoms with van der Waals surface area (Å²) in [6.45, 7) is 19.7. The fourth-order valence-electron chi connectivity index (χ4n) is 6.45. The molecule has 0 unspecified atom stereocenters. The molecule has 0 saturated carbocycles. The van der Waals surface area contributed by atoms with Gasteiger partial charge in [0.25, 0.3) is 0 Å². The van der Waals surface area contributed by atoms with Crippen molar-refractivity contribution in [2.24, 2.45) is 5.92 Å². The van der Waals surface area contributed by atoms with E-state index >= 15 is 0 Å². The normalized spacial score (nSPS) is 12.2. The van der Waals surface area contributed by atoms with Crippen molar-refractivity contribution in [2.75, 3.05) is 4.90 Å². The maximum absolute atomic E-state index is 14.2. The monoisotopic (exact) mass is 786 g/mol. The number of amides is 2. The van der Waals surface area contributed by atoms with Crippen LogP contribution in [0.5, 0.6) is 0 Å². The molecule has 13 heteroatoms. The molecule has 13 nitrogen and oxygen atoms in total. The van der Waals surface area contributed by atoms with E-state index in [0.29, 0.717) is 38.9 Å². The van der Waals surface area contributed by atoms with E-state index in [4.69, 9.17) is 19.2 Å². The molecule has 0 radical (unpaired) electrons. The van der Waals surface area contributed by atoms with E-state index in [9.17, 15) is 19.2 Å². The number of nitrogens with zero attached hydrogens (tertiary/aromatic N) is 6. The van der Waals surface area contributed by atoms with Gasteiger partial charge in [-0.3, -0.25) is 24.3 Å². The van der Waals surface area contributed by atoms with E-state index in [1.54, 1.807) is 105 Å². The Labute approximate surface area is 338 Å². The predicted molar refractivity (Wildman–Crippen MR) is 224 cm³/mol. The van der Waals surface area contributed by atoms with Crippen molar-refractivity contribution in [1.82, 2.24) is 24.1 Å².